The summed E-state index contributed by atoms with van der Waals surface area (Å²) in [5.41, 5.74) is 0.464. The van der Waals surface area contributed by atoms with Gasteiger partial charge < -0.3 is 15.4 Å². The van der Waals surface area contributed by atoms with E-state index in [2.05, 4.69) is 20.7 Å². The van der Waals surface area contributed by atoms with Crippen LogP contribution >= 0.6 is 0 Å². The molecule has 0 atom stereocenters. The first-order valence-electron chi connectivity index (χ1n) is 9.65. The summed E-state index contributed by atoms with van der Waals surface area (Å²) in [5.74, 6) is 0.0486. The maximum absolute atomic E-state index is 13.6. The second kappa shape index (κ2) is 8.79. The minimum Gasteiger partial charge on any atom is -0.384 e. The Kier molecular flexibility index (Phi) is 6.41. The van der Waals surface area contributed by atoms with Crippen LogP contribution in [0.15, 0.2) is 24.3 Å². The van der Waals surface area contributed by atoms with Crippen LogP contribution in [0.1, 0.15) is 49.1 Å². The molecule has 0 unspecified atom stereocenters. The Balaban J connectivity index is 1.79. The summed E-state index contributed by atoms with van der Waals surface area (Å²) in [6.07, 6.45) is 1.87. The zero-order valence-corrected chi connectivity index (χ0v) is 16.7. The fourth-order valence-electron chi connectivity index (χ4n) is 3.57. The maximum atomic E-state index is 13.6. The molecule has 0 radical (unpaired) electrons. The number of carbonyl (C=O) groups is 1. The van der Waals surface area contributed by atoms with Gasteiger partial charge in [-0.25, -0.2) is 14.1 Å². The normalized spacial score (nSPS) is 16.3. The summed E-state index contributed by atoms with van der Waals surface area (Å²) in [4.78, 5) is 17.2. The molecule has 28 heavy (non-hydrogen) atoms. The van der Waals surface area contributed by atoms with Crippen molar-refractivity contribution in [1.82, 2.24) is 25.4 Å². The van der Waals surface area contributed by atoms with Crippen LogP contribution < -0.4 is 10.6 Å². The van der Waals surface area contributed by atoms with Crippen LogP contribution in [-0.2, 0) is 4.74 Å². The molecule has 0 bridgehead atoms. The second-order valence-corrected chi connectivity index (χ2v) is 7.71. The van der Waals surface area contributed by atoms with E-state index in [0.29, 0.717) is 24.7 Å². The van der Waals surface area contributed by atoms with Crippen LogP contribution in [0.4, 0.5) is 4.39 Å². The molecule has 3 rings (SSSR count). The Morgan fingerprint density at radius 2 is 2.14 bits per heavy atom. The van der Waals surface area contributed by atoms with Crippen LogP contribution in [0.2, 0.25) is 0 Å². The summed E-state index contributed by atoms with van der Waals surface area (Å²) in [5, 5.41) is 10.7. The van der Waals surface area contributed by atoms with Crippen LogP contribution in [0.25, 0.3) is 5.69 Å². The first kappa shape index (κ1) is 20.4. The molecule has 2 aromatic rings. The Labute approximate surface area is 164 Å². The van der Waals surface area contributed by atoms with Gasteiger partial charge in [0.15, 0.2) is 0 Å². The highest BCUT2D eigenvalue weighted by Crippen LogP contribution is 2.28. The topological polar surface area (TPSA) is 81.1 Å². The lowest BCUT2D eigenvalue weighted by molar-refractivity contribution is 0.0509. The maximum Gasteiger partial charge on any atom is 0.291 e. The van der Waals surface area contributed by atoms with Gasteiger partial charge in [-0.1, -0.05) is 19.9 Å². The molecular weight excluding hydrogens is 361 g/mol. The number of nitrogens with one attached hydrogen (secondary N) is 2. The van der Waals surface area contributed by atoms with Gasteiger partial charge in [-0.05, 0) is 44.1 Å². The first-order chi connectivity index (χ1) is 13.4. The number of benzene rings is 1. The van der Waals surface area contributed by atoms with Gasteiger partial charge in [-0.15, -0.1) is 5.10 Å². The lowest BCUT2D eigenvalue weighted by atomic mass is 9.79. The number of amides is 1. The summed E-state index contributed by atoms with van der Waals surface area (Å²) >= 11 is 0. The number of hydrogen-bond donors (Lipinski definition) is 2. The number of aromatic nitrogens is 3. The van der Waals surface area contributed by atoms with Crippen LogP contribution in [0, 0.1) is 11.2 Å². The van der Waals surface area contributed by atoms with Crippen molar-refractivity contribution in [3.8, 4) is 5.69 Å². The summed E-state index contributed by atoms with van der Waals surface area (Å²) in [6.45, 7) is 6.84. The number of hydrogen-bond acceptors (Lipinski definition) is 5. The van der Waals surface area contributed by atoms with Gasteiger partial charge in [0.25, 0.3) is 5.91 Å². The lowest BCUT2D eigenvalue weighted by Crippen LogP contribution is -2.47. The molecule has 0 aliphatic carbocycles. The third-order valence-corrected chi connectivity index (χ3v) is 5.14. The minimum atomic E-state index is -0.360. The molecule has 2 N–H and O–H groups in total. The van der Waals surface area contributed by atoms with Gasteiger partial charge in [0.05, 0.1) is 12.3 Å². The smallest absolute Gasteiger partial charge is 0.291 e. The largest absolute Gasteiger partial charge is 0.384 e. The molecule has 0 spiro atoms. The van der Waals surface area contributed by atoms with Gasteiger partial charge in [-0.3, -0.25) is 4.79 Å². The average Bonchev–Trinajstić information content (AvgIpc) is 3.13. The number of rotatable bonds is 7. The molecule has 0 saturated carbocycles. The zero-order valence-electron chi connectivity index (χ0n) is 16.7. The van der Waals surface area contributed by atoms with Crippen molar-refractivity contribution in [1.29, 1.82) is 0 Å². The SMILES string of the molecule is COCC1(CNC(=O)c2nc(C(C)C)n(-c3cccc(F)c3)n2)CCNCC1. The molecule has 1 aliphatic heterocycles. The van der Waals surface area contributed by atoms with E-state index in [4.69, 9.17) is 4.74 Å². The van der Waals surface area contributed by atoms with Crippen LogP contribution in [0.3, 0.4) is 0 Å². The third-order valence-electron chi connectivity index (χ3n) is 5.14. The van der Waals surface area contributed by atoms with Crippen LogP contribution in [-0.4, -0.2) is 54.0 Å². The van der Waals surface area contributed by atoms with Crippen molar-refractivity contribution >= 4 is 5.91 Å². The average molecular weight is 389 g/mol. The molecule has 2 heterocycles. The van der Waals surface area contributed by atoms with Gasteiger partial charge in [-0.2, -0.15) is 0 Å². The van der Waals surface area contributed by atoms with Crippen molar-refractivity contribution < 1.29 is 13.9 Å². The molecule has 7 nitrogen and oxygen atoms in total. The number of halogens is 1. The third kappa shape index (κ3) is 4.56. The van der Waals surface area contributed by atoms with E-state index in [1.165, 1.54) is 16.8 Å². The predicted molar refractivity (Wildman–Crippen MR) is 104 cm³/mol. The van der Waals surface area contributed by atoms with E-state index in [1.54, 1.807) is 19.2 Å². The first-order valence-corrected chi connectivity index (χ1v) is 9.65. The molecule has 1 aliphatic rings. The molecule has 152 valence electrons. The van der Waals surface area contributed by atoms with E-state index in [-0.39, 0.29) is 28.9 Å². The monoisotopic (exact) mass is 389 g/mol. The van der Waals surface area contributed by atoms with Crippen molar-refractivity contribution in [3.63, 3.8) is 0 Å². The van der Waals surface area contributed by atoms with Crippen molar-refractivity contribution in [2.45, 2.75) is 32.6 Å². The molecule has 1 amide bonds. The van der Waals surface area contributed by atoms with E-state index in [9.17, 15) is 9.18 Å². The standard InChI is InChI=1S/C20H28FN5O2/c1-14(2)18-24-17(25-26(18)16-6-4-5-15(21)11-16)19(27)23-12-20(13-28-3)7-9-22-10-8-20/h4-6,11,14,22H,7-10,12-13H2,1-3H3,(H,23,27). The van der Waals surface area contributed by atoms with Crippen molar-refractivity contribution in [2.24, 2.45) is 5.41 Å². The number of methoxy groups -OCH3 is 1. The number of nitrogens with zero attached hydrogens (tertiary/aromatic N) is 3. The molecular formula is C20H28FN5O2. The van der Waals surface area contributed by atoms with Crippen molar-refractivity contribution in [2.75, 3.05) is 33.4 Å². The highest BCUT2D eigenvalue weighted by atomic mass is 19.1. The zero-order chi connectivity index (χ0) is 20.1. The molecule has 1 aromatic carbocycles. The fraction of sp³-hybridized carbons (Fsp3) is 0.550. The van der Waals surface area contributed by atoms with Gasteiger partial charge in [0.1, 0.15) is 11.6 Å². The highest BCUT2D eigenvalue weighted by Gasteiger charge is 2.33. The van der Waals surface area contributed by atoms with Crippen molar-refractivity contribution in [3.05, 3.63) is 41.7 Å². The molecule has 1 saturated heterocycles. The minimum absolute atomic E-state index is 0.0292. The summed E-state index contributed by atoms with van der Waals surface area (Å²) < 4.78 is 20.6. The second-order valence-electron chi connectivity index (χ2n) is 7.71. The highest BCUT2D eigenvalue weighted by molar-refractivity contribution is 5.90. The predicted octanol–water partition coefficient (Wildman–Crippen LogP) is 2.28. The Bertz CT molecular complexity index is 809. The Hall–Kier alpha value is -2.32. The van der Waals surface area contributed by atoms with E-state index in [1.807, 2.05) is 13.8 Å². The van der Waals surface area contributed by atoms with Gasteiger partial charge in [0.2, 0.25) is 5.82 Å². The molecule has 1 aromatic heterocycles. The Morgan fingerprint density at radius 3 is 2.79 bits per heavy atom. The van der Waals surface area contributed by atoms with E-state index >= 15 is 0 Å². The summed E-state index contributed by atoms with van der Waals surface area (Å²) in [7, 11) is 1.68. The Morgan fingerprint density at radius 1 is 1.39 bits per heavy atom. The van der Waals surface area contributed by atoms with Gasteiger partial charge >= 0.3 is 0 Å². The van der Waals surface area contributed by atoms with E-state index < -0.39 is 0 Å². The summed E-state index contributed by atoms with van der Waals surface area (Å²) in [6, 6.07) is 6.11. The lowest BCUT2D eigenvalue weighted by Gasteiger charge is -2.37. The molecule has 8 heteroatoms. The van der Waals surface area contributed by atoms with Crippen LogP contribution in [0.5, 0.6) is 0 Å². The number of ether oxygens (including phenoxy) is 1. The number of piperidine rings is 1. The quantitative estimate of drug-likeness (QED) is 0.759. The molecule has 1 fully saturated rings. The fourth-order valence-corrected chi connectivity index (χ4v) is 3.57. The van der Waals surface area contributed by atoms with E-state index in [0.717, 1.165) is 25.9 Å². The number of carbonyl (C=O) groups excluding carboxylic acids is 1. The van der Waals surface area contributed by atoms with Gasteiger partial charge in [0, 0.05) is 25.0 Å².